The minimum absolute atomic E-state index is 0.0364. The Hall–Kier alpha value is -5.67. The number of nitrogens with zero attached hydrogens (tertiary/aromatic N) is 2. The predicted octanol–water partition coefficient (Wildman–Crippen LogP) is 18.0. The molecule has 0 amide bonds. The Balaban J connectivity index is 0.000000178. The van der Waals surface area contributed by atoms with E-state index < -0.39 is 59.2 Å². The zero-order chi connectivity index (χ0) is 96.8. The first-order chi connectivity index (χ1) is 63.9. The van der Waals surface area contributed by atoms with Crippen molar-refractivity contribution in [1.29, 1.82) is 0 Å². The van der Waals surface area contributed by atoms with Crippen LogP contribution in [-0.4, -0.2) is 251 Å². The van der Waals surface area contributed by atoms with Crippen LogP contribution >= 0.6 is 11.6 Å². The molecule has 3 saturated carbocycles. The van der Waals surface area contributed by atoms with Crippen LogP contribution in [0, 0.1) is 95.2 Å². The van der Waals surface area contributed by atoms with E-state index in [1.165, 1.54) is 5.57 Å². The first-order valence-corrected chi connectivity index (χ1v) is 50.0. The van der Waals surface area contributed by atoms with Crippen LogP contribution in [0.4, 0.5) is 13.2 Å². The van der Waals surface area contributed by atoms with Gasteiger partial charge in [-0.15, -0.1) is 0 Å². The molecule has 2 aromatic rings. The van der Waals surface area contributed by atoms with Gasteiger partial charge < -0.3 is 90.3 Å². The Morgan fingerprint density at radius 2 is 1.00 bits per heavy atom. The molecular weight excluding hydrogens is 1750 g/mol. The zero-order valence-electron chi connectivity index (χ0n) is 83.2. The second kappa shape index (κ2) is 46.4. The van der Waals surface area contributed by atoms with Crippen LogP contribution in [0.25, 0.3) is 11.1 Å². The molecule has 6 aliphatic heterocycles. The predicted molar refractivity (Wildman–Crippen MR) is 500 cm³/mol. The number of ketones is 2. The zero-order valence-corrected chi connectivity index (χ0v) is 83.9. The number of ether oxygens (including phenoxy) is 17. The number of fused-ring (bicyclic) bond motifs is 10. The van der Waals surface area contributed by atoms with Crippen molar-refractivity contribution in [2.24, 2.45) is 88.3 Å². The summed E-state index contributed by atoms with van der Waals surface area (Å²) >= 11 is 5.34. The monoisotopic (exact) mass is 1900 g/mol. The smallest absolute Gasteiger partial charge is 0.426 e. The van der Waals surface area contributed by atoms with Gasteiger partial charge in [0.15, 0.2) is 36.7 Å². The number of methoxy groups -OCH3 is 6. The van der Waals surface area contributed by atoms with Crippen molar-refractivity contribution in [3.63, 3.8) is 0 Å². The number of hydrogen-bond donors (Lipinski definition) is 0. The highest BCUT2D eigenvalue weighted by molar-refractivity contribution is 6.30. The summed E-state index contributed by atoms with van der Waals surface area (Å²) in [5.41, 5.74) is 6.18. The number of cyclic esters (lactones) is 2. The number of rotatable bonds is 23. The molecule has 6 heterocycles. The fraction of sp³-hybridized carbons (Fsp3) is 0.745. The molecule has 6 saturated heterocycles. The maximum absolute atomic E-state index is 14.7. The number of hydrogen-bond acceptors (Lipinski definition) is 24. The van der Waals surface area contributed by atoms with E-state index in [9.17, 15) is 37.1 Å². The van der Waals surface area contributed by atoms with E-state index in [-0.39, 0.29) is 200 Å². The SMILES string of the molecule is CC[C@H]1CCC[C@H](O[C@H]2CC[C@H](N(C)C)[C@@H](C)O2)[C@@H](C)C(=O)C2=C[C@@H]3[C@@H](C=C(C)[C@@H]4C[C@@H](O[C@@H]5O[C@@H](C)[C@H](OC)[C@@H](OC)[C@H]5OC)C[C@@H]34)[C@@H]2CC(=O)O1.CC[C@H]1CCC[C@H](O[C@H]2CC[C@H](N(C)C)[C@@H](C)O2)[C@@H](C)C(=O)C2=C[C@@H]3[C@@H](C=C[C@@H]4C[C@@H](O[C@@H]5O[C@@H](C)[C@H](OC)[C@@H](OC)[C@H]5OC)C[C@@H]34)[C@@H]2CC(=O)O1.Cc1c(COC(=O)C2C(/C=C(\Cl)C(F)(F)F)C2(C)C)cccc1-c1ccccc1. The third-order valence-corrected chi connectivity index (χ3v) is 32.9. The van der Waals surface area contributed by atoms with Crippen molar-refractivity contribution < 1.29 is 118 Å². The number of carbonyl (C=O) groups is 5. The maximum Gasteiger partial charge on any atom is 0.426 e. The molecule has 748 valence electrons. The minimum Gasteiger partial charge on any atom is -0.462 e. The van der Waals surface area contributed by atoms with Crippen LogP contribution in [0.2, 0.25) is 0 Å². The number of benzene rings is 2. The molecule has 24 nitrogen and oxygen atoms in total. The van der Waals surface area contributed by atoms with Crippen molar-refractivity contribution in [2.45, 2.75) is 346 Å². The van der Waals surface area contributed by atoms with Crippen molar-refractivity contribution >= 4 is 41.1 Å². The summed E-state index contributed by atoms with van der Waals surface area (Å²) in [6.07, 6.45) is 15.7. The van der Waals surface area contributed by atoms with Gasteiger partial charge in [-0.25, -0.2) is 0 Å². The number of Topliss-reactive ketones (excluding diaryl/α,β-unsaturated/α-hetero) is 2. The molecule has 0 N–H and O–H groups in total. The summed E-state index contributed by atoms with van der Waals surface area (Å²) in [4.78, 5) is 73.4. The van der Waals surface area contributed by atoms with Gasteiger partial charge in [0.2, 0.25) is 0 Å². The highest BCUT2D eigenvalue weighted by Gasteiger charge is 2.63. The Morgan fingerprint density at radius 1 is 0.522 bits per heavy atom. The van der Waals surface area contributed by atoms with Crippen molar-refractivity contribution in [3.05, 3.63) is 118 Å². The van der Waals surface area contributed by atoms with Crippen LogP contribution in [-0.2, 0) is 111 Å². The van der Waals surface area contributed by atoms with Gasteiger partial charge in [-0.2, -0.15) is 13.2 Å². The number of alkyl halides is 3. The number of carbonyl (C=O) groups excluding carboxylic acids is 5. The van der Waals surface area contributed by atoms with Crippen LogP contribution < -0.4 is 0 Å². The molecule has 13 aliphatic rings. The molecule has 7 aliphatic carbocycles. The molecule has 9 fully saturated rings. The van der Waals surface area contributed by atoms with Gasteiger partial charge in [-0.3, -0.25) is 24.0 Å². The lowest BCUT2D eigenvalue weighted by Crippen LogP contribution is -2.59. The van der Waals surface area contributed by atoms with E-state index in [1.54, 1.807) is 56.5 Å². The van der Waals surface area contributed by atoms with E-state index in [4.69, 9.17) is 92.1 Å². The molecule has 2 aromatic carbocycles. The molecule has 15 rings (SSSR count). The highest BCUT2D eigenvalue weighted by atomic mass is 35.5. The Kier molecular flexibility index (Phi) is 36.6. The number of likely N-dealkylation sites (N-methyl/N-ethyl adjacent to an activating group) is 2. The van der Waals surface area contributed by atoms with E-state index in [0.717, 1.165) is 129 Å². The molecule has 134 heavy (non-hydrogen) atoms. The largest absolute Gasteiger partial charge is 0.462 e. The van der Waals surface area contributed by atoms with E-state index in [2.05, 4.69) is 103 Å². The third kappa shape index (κ3) is 23.9. The molecule has 0 bridgehead atoms. The lowest BCUT2D eigenvalue weighted by Gasteiger charge is -2.44. The second-order valence-electron chi connectivity index (χ2n) is 41.4. The average Bonchev–Trinajstić information content (AvgIpc) is 1.56. The molecule has 2 unspecified atom stereocenters. The topological polar surface area (TPSA) is 249 Å². The minimum atomic E-state index is -4.61. The quantitative estimate of drug-likeness (QED) is 0.0569. The summed E-state index contributed by atoms with van der Waals surface area (Å²) in [5.74, 6) is -1.72. The summed E-state index contributed by atoms with van der Waals surface area (Å²) < 4.78 is 143. The summed E-state index contributed by atoms with van der Waals surface area (Å²) in [5, 5.41) is -1.20. The van der Waals surface area contributed by atoms with E-state index >= 15 is 0 Å². The number of allylic oxidation sites excluding steroid dienone is 10. The van der Waals surface area contributed by atoms with Gasteiger partial charge >= 0.3 is 24.1 Å². The van der Waals surface area contributed by atoms with Gasteiger partial charge in [-0.1, -0.05) is 144 Å². The molecular formula is C106H154ClF3N2O22. The van der Waals surface area contributed by atoms with Gasteiger partial charge in [0, 0.05) is 78.4 Å². The van der Waals surface area contributed by atoms with E-state index in [0.29, 0.717) is 36.8 Å². The highest BCUT2D eigenvalue weighted by Crippen LogP contribution is 2.62. The molecule has 0 aromatic heterocycles. The standard InChI is InChI=1S/C42H67NO10.C41H65NO10.C23H22ClF3O2/c1-11-26-13-12-14-35(53-37-16-15-34(43(6)7)24(4)49-37)23(3)38(45)33-20-31-29(32(33)21-36(44)51-26)17-22(2)28-18-27(19-30(28)31)52-42-41(48-10)40(47-9)39(46-8)25(5)50-42;1-10-26-12-11-13-34(52-36-17-16-33(42(5)6)23(3)48-36)22(2)37(44)32-20-30-28(31(32)21-35(43)50-26)15-14-25-18-27(19-29(25)30)51-41-40(47-9)39(46-8)38(45-7)24(4)49-41;1-14-16(10-7-11-17(14)15-8-5-4-6-9-15)13-29-21(28)20-18(22(20,2)3)12-19(24)23(25,26)27/h17,20,23-32,34-35,37,39-42H,11-16,18-19,21H2,1-10H3;14-15,20,22-31,33-34,36,38-41H,10-13,16-19,21H2,1-9H3;4-12,18,20H,13H2,1-3H3/b;;19-12-/t23-,24-,25+,26+,27-,28+,29-,30-,31-,32+,34+,35+,37+,39+,40-,41-,42+;22-,23-,24+,25-,26+,27-,28-,29-,30-,31+,33+,34+,36+,38+,39-,40-,41+;/m11./s1. The lowest BCUT2D eigenvalue weighted by molar-refractivity contribution is -0.314. The summed E-state index contributed by atoms with van der Waals surface area (Å²) in [7, 11) is 18.3. The van der Waals surface area contributed by atoms with Gasteiger partial charge in [0.1, 0.15) is 60.5 Å². The van der Waals surface area contributed by atoms with Crippen LogP contribution in [0.5, 0.6) is 0 Å². The lowest BCUT2D eigenvalue weighted by atomic mass is 9.67. The Morgan fingerprint density at radius 3 is 1.47 bits per heavy atom. The van der Waals surface area contributed by atoms with Gasteiger partial charge in [0.25, 0.3) is 0 Å². The van der Waals surface area contributed by atoms with E-state index in [1.807, 2.05) is 83.1 Å². The van der Waals surface area contributed by atoms with Crippen molar-refractivity contribution in [3.8, 4) is 11.1 Å². The fourth-order valence-electron chi connectivity index (χ4n) is 24.9. The molecule has 0 radical (unpaired) electrons. The third-order valence-electron chi connectivity index (χ3n) is 32.6. The van der Waals surface area contributed by atoms with Gasteiger partial charge in [-0.05, 0) is 265 Å². The number of esters is 3. The van der Waals surface area contributed by atoms with Crippen molar-refractivity contribution in [1.82, 2.24) is 9.80 Å². The van der Waals surface area contributed by atoms with Crippen molar-refractivity contribution in [2.75, 3.05) is 70.8 Å². The average molecular weight is 1900 g/mol. The summed E-state index contributed by atoms with van der Waals surface area (Å²) in [6.45, 7) is 24.1. The molecule has 36 atom stereocenters. The molecule has 0 spiro atoms. The molecule has 28 heteroatoms. The Labute approximate surface area is 798 Å². The van der Waals surface area contributed by atoms with Crippen LogP contribution in [0.3, 0.4) is 0 Å². The first-order valence-electron chi connectivity index (χ1n) is 49.6. The first kappa shape index (κ1) is 106. The van der Waals surface area contributed by atoms with Crippen LogP contribution in [0.1, 0.15) is 203 Å². The maximum atomic E-state index is 14.7. The fourth-order valence-corrected chi connectivity index (χ4v) is 25.0. The normalized spacial score (nSPS) is 40.2. The van der Waals surface area contributed by atoms with Gasteiger partial charge in [0.05, 0.1) is 67.6 Å². The Bertz CT molecular complexity index is 4430. The van der Waals surface area contributed by atoms with Crippen LogP contribution in [0.15, 0.2) is 107 Å². The summed E-state index contributed by atoms with van der Waals surface area (Å²) in [6, 6.07) is 16.3. The second-order valence-corrected chi connectivity index (χ2v) is 41.8. The number of halogens is 4.